The van der Waals surface area contributed by atoms with E-state index < -0.39 is 11.7 Å². The highest BCUT2D eigenvalue weighted by molar-refractivity contribution is 6.33. The maximum Gasteiger partial charge on any atom is 0.407 e. The van der Waals surface area contributed by atoms with Crippen LogP contribution >= 0.6 is 11.6 Å². The molecule has 1 fully saturated rings. The molecule has 0 atom stereocenters. The van der Waals surface area contributed by atoms with Gasteiger partial charge in [0, 0.05) is 23.9 Å². The SMILES string of the molecule is COc1ccc2ncc(Cl)c(/C=C(\C=O)C3CCC(NC(=O)OC(C)(C)C)CC3)c2n1. The fourth-order valence-corrected chi connectivity index (χ4v) is 3.95. The number of hydrogen-bond donors (Lipinski definition) is 1. The Morgan fingerprint density at radius 3 is 2.55 bits per heavy atom. The third-order valence-electron chi connectivity index (χ3n) is 5.25. The molecule has 166 valence electrons. The van der Waals surface area contributed by atoms with Gasteiger partial charge in [-0.05, 0) is 70.1 Å². The zero-order valence-electron chi connectivity index (χ0n) is 18.3. The van der Waals surface area contributed by atoms with Crippen molar-refractivity contribution in [2.75, 3.05) is 7.11 Å². The van der Waals surface area contributed by atoms with Crippen LogP contribution in [0.1, 0.15) is 52.0 Å². The van der Waals surface area contributed by atoms with Crippen molar-refractivity contribution in [3.05, 3.63) is 34.5 Å². The Morgan fingerprint density at radius 1 is 1.23 bits per heavy atom. The van der Waals surface area contributed by atoms with E-state index in [-0.39, 0.29) is 12.0 Å². The number of rotatable bonds is 5. The maximum absolute atomic E-state index is 12.0. The Labute approximate surface area is 187 Å². The van der Waals surface area contributed by atoms with Gasteiger partial charge in [0.2, 0.25) is 5.88 Å². The minimum absolute atomic E-state index is 0.0373. The van der Waals surface area contributed by atoms with Crippen LogP contribution in [0.2, 0.25) is 5.02 Å². The van der Waals surface area contributed by atoms with E-state index in [0.29, 0.717) is 33.1 Å². The first-order chi connectivity index (χ1) is 14.7. The molecular formula is C23H28ClN3O4. The molecule has 1 saturated carbocycles. The molecular weight excluding hydrogens is 418 g/mol. The van der Waals surface area contributed by atoms with Gasteiger partial charge in [0.05, 0.1) is 17.6 Å². The van der Waals surface area contributed by atoms with Gasteiger partial charge in [0.15, 0.2) is 0 Å². The highest BCUT2D eigenvalue weighted by Gasteiger charge is 2.27. The lowest BCUT2D eigenvalue weighted by Gasteiger charge is -2.30. The number of hydrogen-bond acceptors (Lipinski definition) is 6. The van der Waals surface area contributed by atoms with E-state index in [4.69, 9.17) is 21.1 Å². The molecule has 0 aliphatic heterocycles. The second kappa shape index (κ2) is 9.64. The highest BCUT2D eigenvalue weighted by atomic mass is 35.5. The lowest BCUT2D eigenvalue weighted by Crippen LogP contribution is -2.41. The van der Waals surface area contributed by atoms with Crippen LogP contribution in [0.15, 0.2) is 23.9 Å². The summed E-state index contributed by atoms with van der Waals surface area (Å²) in [6.45, 7) is 5.51. The average Bonchev–Trinajstić information content (AvgIpc) is 2.72. The topological polar surface area (TPSA) is 90.4 Å². The van der Waals surface area contributed by atoms with Crippen LogP contribution in [-0.4, -0.2) is 41.1 Å². The van der Waals surface area contributed by atoms with Gasteiger partial charge in [-0.1, -0.05) is 11.6 Å². The summed E-state index contributed by atoms with van der Waals surface area (Å²) in [4.78, 5) is 32.7. The fraction of sp³-hybridized carbons (Fsp3) is 0.478. The molecule has 0 radical (unpaired) electrons. The second-order valence-corrected chi connectivity index (χ2v) is 9.11. The standard InChI is InChI=1S/C23H28ClN3O4/c1-23(2,3)31-22(29)26-16-7-5-14(6-8-16)15(13-28)11-17-18(24)12-25-19-9-10-20(30-4)27-21(17)19/h9-14,16H,5-8H2,1-4H3,(H,26,29)/b15-11+. The fourth-order valence-electron chi connectivity index (χ4n) is 3.76. The quantitative estimate of drug-likeness (QED) is 0.516. The first-order valence-corrected chi connectivity index (χ1v) is 10.7. The molecule has 1 amide bonds. The van der Waals surface area contributed by atoms with Crippen molar-refractivity contribution >= 4 is 41.1 Å². The number of alkyl carbamates (subject to hydrolysis) is 1. The summed E-state index contributed by atoms with van der Waals surface area (Å²) in [6, 6.07) is 3.58. The maximum atomic E-state index is 12.0. The number of carbonyl (C=O) groups excluding carboxylic acids is 2. The zero-order chi connectivity index (χ0) is 22.6. The summed E-state index contributed by atoms with van der Waals surface area (Å²) in [6.07, 6.45) is 6.95. The molecule has 1 aliphatic carbocycles. The summed E-state index contributed by atoms with van der Waals surface area (Å²) in [5.74, 6) is 0.534. The first-order valence-electron chi connectivity index (χ1n) is 10.4. The van der Waals surface area contributed by atoms with Gasteiger partial charge in [-0.25, -0.2) is 9.78 Å². The Kier molecular flexibility index (Phi) is 7.15. The molecule has 8 heteroatoms. The third-order valence-corrected chi connectivity index (χ3v) is 5.55. The minimum atomic E-state index is -0.530. The van der Waals surface area contributed by atoms with Crippen LogP contribution in [0.4, 0.5) is 4.79 Å². The van der Waals surface area contributed by atoms with Crippen LogP contribution < -0.4 is 10.1 Å². The molecule has 0 bridgehead atoms. The van der Waals surface area contributed by atoms with Crippen molar-refractivity contribution in [3.63, 3.8) is 0 Å². The van der Waals surface area contributed by atoms with E-state index in [2.05, 4.69) is 15.3 Å². The summed E-state index contributed by atoms with van der Waals surface area (Å²) in [5.41, 5.74) is 2.05. The third kappa shape index (κ3) is 5.94. The number of amides is 1. The van der Waals surface area contributed by atoms with E-state index in [1.54, 1.807) is 25.4 Å². The van der Waals surface area contributed by atoms with E-state index in [1.165, 1.54) is 0 Å². The number of nitrogens with one attached hydrogen (secondary N) is 1. The number of nitrogens with zero attached hydrogens (tertiary/aromatic N) is 2. The van der Waals surface area contributed by atoms with Crippen molar-refractivity contribution in [1.29, 1.82) is 0 Å². The van der Waals surface area contributed by atoms with Gasteiger partial charge in [0.1, 0.15) is 17.4 Å². The Morgan fingerprint density at radius 2 is 1.94 bits per heavy atom. The molecule has 0 unspecified atom stereocenters. The number of carbonyl (C=O) groups is 2. The zero-order valence-corrected chi connectivity index (χ0v) is 19.0. The summed E-state index contributed by atoms with van der Waals surface area (Å²) < 4.78 is 10.6. The summed E-state index contributed by atoms with van der Waals surface area (Å²) >= 11 is 6.41. The number of fused-ring (bicyclic) bond motifs is 1. The van der Waals surface area contributed by atoms with Crippen LogP contribution in [0.5, 0.6) is 5.88 Å². The predicted octanol–water partition coefficient (Wildman–Crippen LogP) is 4.96. The van der Waals surface area contributed by atoms with Gasteiger partial charge in [-0.3, -0.25) is 9.78 Å². The predicted molar refractivity (Wildman–Crippen MR) is 120 cm³/mol. The van der Waals surface area contributed by atoms with Gasteiger partial charge in [-0.15, -0.1) is 0 Å². The van der Waals surface area contributed by atoms with Crippen molar-refractivity contribution in [1.82, 2.24) is 15.3 Å². The molecule has 0 spiro atoms. The highest BCUT2D eigenvalue weighted by Crippen LogP contribution is 2.33. The number of allylic oxidation sites excluding steroid dienone is 1. The van der Waals surface area contributed by atoms with Crippen LogP contribution in [0.25, 0.3) is 17.1 Å². The number of methoxy groups -OCH3 is 1. The van der Waals surface area contributed by atoms with Crippen molar-refractivity contribution in [2.45, 2.75) is 58.1 Å². The monoisotopic (exact) mass is 445 g/mol. The van der Waals surface area contributed by atoms with Crippen molar-refractivity contribution in [3.8, 4) is 5.88 Å². The molecule has 0 aromatic carbocycles. The molecule has 0 saturated heterocycles. The lowest BCUT2D eigenvalue weighted by molar-refractivity contribution is -0.105. The number of aromatic nitrogens is 2. The van der Waals surface area contributed by atoms with Gasteiger partial charge in [0.25, 0.3) is 0 Å². The molecule has 1 N–H and O–H groups in total. The summed E-state index contributed by atoms with van der Waals surface area (Å²) in [5, 5.41) is 3.35. The van der Waals surface area contributed by atoms with Crippen LogP contribution in [-0.2, 0) is 9.53 Å². The summed E-state index contributed by atoms with van der Waals surface area (Å²) in [7, 11) is 1.54. The Bertz CT molecular complexity index is 992. The number of aldehydes is 1. The van der Waals surface area contributed by atoms with Crippen LogP contribution in [0.3, 0.4) is 0 Å². The second-order valence-electron chi connectivity index (χ2n) is 8.70. The molecule has 2 heterocycles. The van der Waals surface area contributed by atoms with E-state index >= 15 is 0 Å². The van der Waals surface area contributed by atoms with Crippen molar-refractivity contribution in [2.24, 2.45) is 5.92 Å². The smallest absolute Gasteiger partial charge is 0.407 e. The largest absolute Gasteiger partial charge is 0.481 e. The molecule has 2 aromatic rings. The molecule has 3 rings (SSSR count). The number of pyridine rings is 2. The first kappa shape index (κ1) is 23.0. The van der Waals surface area contributed by atoms with E-state index in [9.17, 15) is 9.59 Å². The molecule has 7 nitrogen and oxygen atoms in total. The Hall–Kier alpha value is -2.67. The molecule has 31 heavy (non-hydrogen) atoms. The minimum Gasteiger partial charge on any atom is -0.481 e. The van der Waals surface area contributed by atoms with E-state index in [1.807, 2.05) is 26.8 Å². The normalized spacial score (nSPS) is 19.7. The average molecular weight is 446 g/mol. The van der Waals surface area contributed by atoms with Gasteiger partial charge < -0.3 is 14.8 Å². The van der Waals surface area contributed by atoms with E-state index in [0.717, 1.165) is 32.0 Å². The Balaban J connectivity index is 1.76. The van der Waals surface area contributed by atoms with Crippen molar-refractivity contribution < 1.29 is 19.1 Å². The van der Waals surface area contributed by atoms with Crippen LogP contribution in [0, 0.1) is 5.92 Å². The van der Waals surface area contributed by atoms with Gasteiger partial charge in [-0.2, -0.15) is 0 Å². The lowest BCUT2D eigenvalue weighted by atomic mass is 9.81. The molecule has 1 aliphatic rings. The number of halogens is 1. The number of ether oxygens (including phenoxy) is 2. The molecule has 2 aromatic heterocycles. The van der Waals surface area contributed by atoms with Gasteiger partial charge >= 0.3 is 6.09 Å².